The maximum atomic E-state index is 11.2. The molecule has 1 amide bonds. The number of carbonyl (C=O) groups excluding carboxylic acids is 1. The number of primary amides is 1. The van der Waals surface area contributed by atoms with Crippen LogP contribution in [-0.2, 0) is 11.3 Å². The molecule has 1 aliphatic rings. The Morgan fingerprint density at radius 2 is 2.24 bits per heavy atom. The first-order valence-electron chi connectivity index (χ1n) is 5.91. The number of hydrogen-bond acceptors (Lipinski definition) is 3. The summed E-state index contributed by atoms with van der Waals surface area (Å²) in [5.41, 5.74) is 14.6. The Bertz CT molecular complexity index is 444. The number of carbonyl (C=O) groups is 1. The number of rotatable bonds is 2. The maximum Gasteiger partial charge on any atom is 0.234 e. The molecule has 0 fully saturated rings. The highest BCUT2D eigenvalue weighted by Crippen LogP contribution is 2.32. The van der Waals surface area contributed by atoms with Gasteiger partial charge in [0, 0.05) is 18.8 Å². The summed E-state index contributed by atoms with van der Waals surface area (Å²) in [4.78, 5) is 13.3. The van der Waals surface area contributed by atoms with Gasteiger partial charge in [-0.25, -0.2) is 0 Å². The fourth-order valence-corrected chi connectivity index (χ4v) is 2.57. The number of fused-ring (bicyclic) bond motifs is 1. The van der Waals surface area contributed by atoms with Gasteiger partial charge in [0.05, 0.1) is 6.04 Å². The molecule has 2 rings (SSSR count). The molecule has 17 heavy (non-hydrogen) atoms. The summed E-state index contributed by atoms with van der Waals surface area (Å²) < 4.78 is 0. The number of hydrogen-bond donors (Lipinski definition) is 2. The molecule has 2 atom stereocenters. The Morgan fingerprint density at radius 1 is 1.53 bits per heavy atom. The summed E-state index contributed by atoms with van der Waals surface area (Å²) in [5.74, 6) is 0.0614. The molecular formula is C13H19N3O. The van der Waals surface area contributed by atoms with Crippen LogP contribution in [0.4, 0.5) is 5.69 Å². The van der Waals surface area contributed by atoms with E-state index in [0.29, 0.717) is 5.92 Å². The minimum atomic E-state index is -0.274. The molecule has 4 N–H and O–H groups in total. The van der Waals surface area contributed by atoms with Crippen molar-refractivity contribution in [3.05, 3.63) is 29.3 Å². The van der Waals surface area contributed by atoms with E-state index >= 15 is 0 Å². The molecule has 0 aliphatic carbocycles. The number of nitrogen functional groups attached to an aromatic ring is 1. The second-order valence-corrected chi connectivity index (χ2v) is 4.83. The van der Waals surface area contributed by atoms with Gasteiger partial charge in [0.1, 0.15) is 0 Å². The molecule has 0 saturated carbocycles. The predicted octanol–water partition coefficient (Wildman–Crippen LogP) is 1.06. The maximum absolute atomic E-state index is 11.2. The van der Waals surface area contributed by atoms with Crippen molar-refractivity contribution >= 4 is 11.6 Å². The molecule has 92 valence electrons. The number of benzene rings is 1. The van der Waals surface area contributed by atoms with Crippen LogP contribution in [0.1, 0.15) is 30.9 Å². The fourth-order valence-electron chi connectivity index (χ4n) is 2.57. The van der Waals surface area contributed by atoms with Gasteiger partial charge >= 0.3 is 0 Å². The molecule has 1 aliphatic heterocycles. The highest BCUT2D eigenvalue weighted by molar-refractivity contribution is 5.79. The first-order chi connectivity index (χ1) is 8.00. The number of anilines is 1. The van der Waals surface area contributed by atoms with Crippen LogP contribution in [0.2, 0.25) is 0 Å². The van der Waals surface area contributed by atoms with E-state index in [1.54, 1.807) is 0 Å². The van der Waals surface area contributed by atoms with Crippen molar-refractivity contribution in [3.63, 3.8) is 0 Å². The van der Waals surface area contributed by atoms with Gasteiger partial charge in [0.2, 0.25) is 5.91 Å². The summed E-state index contributed by atoms with van der Waals surface area (Å²) in [7, 11) is 0. The van der Waals surface area contributed by atoms with Crippen LogP contribution in [0, 0.1) is 0 Å². The summed E-state index contributed by atoms with van der Waals surface area (Å²) in [6, 6.07) is 5.73. The SMILES string of the molecule is CC1CN(C(C)C(N)=O)Cc2cccc(N)c21. The van der Waals surface area contributed by atoms with Gasteiger partial charge in [-0.15, -0.1) is 0 Å². The zero-order chi connectivity index (χ0) is 12.6. The van der Waals surface area contributed by atoms with E-state index in [2.05, 4.69) is 17.9 Å². The van der Waals surface area contributed by atoms with Crippen molar-refractivity contribution in [3.8, 4) is 0 Å². The standard InChI is InChI=1S/C13H19N3O/c1-8-6-16(9(2)13(15)17)7-10-4-3-5-11(14)12(8)10/h3-5,8-9H,6-7,14H2,1-2H3,(H2,15,17). The largest absolute Gasteiger partial charge is 0.398 e. The van der Waals surface area contributed by atoms with Gasteiger partial charge in [0.25, 0.3) is 0 Å². The molecule has 4 nitrogen and oxygen atoms in total. The Kier molecular flexibility index (Phi) is 3.07. The van der Waals surface area contributed by atoms with Crippen molar-refractivity contribution in [2.24, 2.45) is 5.73 Å². The van der Waals surface area contributed by atoms with Gasteiger partial charge < -0.3 is 11.5 Å². The lowest BCUT2D eigenvalue weighted by atomic mass is 9.89. The molecule has 1 aromatic carbocycles. The second kappa shape index (κ2) is 4.37. The van der Waals surface area contributed by atoms with Crippen LogP contribution in [0.5, 0.6) is 0 Å². The first-order valence-corrected chi connectivity index (χ1v) is 5.91. The summed E-state index contributed by atoms with van der Waals surface area (Å²) >= 11 is 0. The Balaban J connectivity index is 2.31. The van der Waals surface area contributed by atoms with E-state index < -0.39 is 0 Å². The molecule has 2 unspecified atom stereocenters. The van der Waals surface area contributed by atoms with E-state index in [4.69, 9.17) is 11.5 Å². The van der Waals surface area contributed by atoms with Crippen LogP contribution in [-0.4, -0.2) is 23.4 Å². The quantitative estimate of drug-likeness (QED) is 0.750. The Hall–Kier alpha value is -1.55. The topological polar surface area (TPSA) is 72.3 Å². The second-order valence-electron chi connectivity index (χ2n) is 4.83. The van der Waals surface area contributed by atoms with Crippen molar-refractivity contribution in [2.75, 3.05) is 12.3 Å². The highest BCUT2D eigenvalue weighted by Gasteiger charge is 2.28. The van der Waals surface area contributed by atoms with Gasteiger partial charge in [0.15, 0.2) is 0 Å². The normalized spacial score (nSPS) is 21.9. The molecule has 0 spiro atoms. The number of nitrogens with zero attached hydrogens (tertiary/aromatic N) is 1. The molecule has 0 radical (unpaired) electrons. The molecular weight excluding hydrogens is 214 g/mol. The van der Waals surface area contributed by atoms with E-state index in [9.17, 15) is 4.79 Å². The molecule has 1 aromatic rings. The average Bonchev–Trinajstić information content (AvgIpc) is 2.27. The van der Waals surface area contributed by atoms with E-state index in [-0.39, 0.29) is 11.9 Å². The molecule has 4 heteroatoms. The first kappa shape index (κ1) is 11.9. The van der Waals surface area contributed by atoms with Crippen LogP contribution < -0.4 is 11.5 Å². The third-order valence-corrected chi connectivity index (χ3v) is 3.56. The lowest BCUT2D eigenvalue weighted by molar-refractivity contribution is -0.123. The van der Waals surface area contributed by atoms with Gasteiger partial charge in [-0.05, 0) is 30.0 Å². The summed E-state index contributed by atoms with van der Waals surface area (Å²) in [5, 5.41) is 0. The Morgan fingerprint density at radius 3 is 2.88 bits per heavy atom. The molecule has 0 aromatic heterocycles. The Labute approximate surface area is 102 Å². The summed E-state index contributed by atoms with van der Waals surface area (Å²) in [6.07, 6.45) is 0. The third-order valence-electron chi connectivity index (χ3n) is 3.56. The van der Waals surface area contributed by atoms with Gasteiger partial charge in [-0.3, -0.25) is 9.69 Å². The number of amides is 1. The van der Waals surface area contributed by atoms with Crippen LogP contribution >= 0.6 is 0 Å². The zero-order valence-corrected chi connectivity index (χ0v) is 10.3. The van der Waals surface area contributed by atoms with E-state index in [1.165, 1.54) is 11.1 Å². The van der Waals surface area contributed by atoms with Crippen molar-refractivity contribution < 1.29 is 4.79 Å². The number of nitrogens with two attached hydrogens (primary N) is 2. The lowest BCUT2D eigenvalue weighted by Crippen LogP contribution is -2.46. The minimum Gasteiger partial charge on any atom is -0.398 e. The van der Waals surface area contributed by atoms with Crippen molar-refractivity contribution in [1.82, 2.24) is 4.90 Å². The smallest absolute Gasteiger partial charge is 0.234 e. The van der Waals surface area contributed by atoms with E-state index in [0.717, 1.165) is 18.8 Å². The van der Waals surface area contributed by atoms with Crippen LogP contribution in [0.3, 0.4) is 0 Å². The van der Waals surface area contributed by atoms with Gasteiger partial charge in [-0.1, -0.05) is 19.1 Å². The minimum absolute atomic E-state index is 0.230. The van der Waals surface area contributed by atoms with Gasteiger partial charge in [-0.2, -0.15) is 0 Å². The van der Waals surface area contributed by atoms with E-state index in [1.807, 2.05) is 19.1 Å². The van der Waals surface area contributed by atoms with Crippen molar-refractivity contribution in [1.29, 1.82) is 0 Å². The molecule has 0 saturated heterocycles. The summed E-state index contributed by atoms with van der Waals surface area (Å²) in [6.45, 7) is 5.56. The molecule has 1 heterocycles. The third kappa shape index (κ3) is 2.13. The van der Waals surface area contributed by atoms with Crippen LogP contribution in [0.25, 0.3) is 0 Å². The lowest BCUT2D eigenvalue weighted by Gasteiger charge is -2.36. The van der Waals surface area contributed by atoms with Crippen LogP contribution in [0.15, 0.2) is 18.2 Å². The predicted molar refractivity (Wildman–Crippen MR) is 68.3 cm³/mol. The molecule has 0 bridgehead atoms. The average molecular weight is 233 g/mol. The highest BCUT2D eigenvalue weighted by atomic mass is 16.1. The zero-order valence-electron chi connectivity index (χ0n) is 10.3. The monoisotopic (exact) mass is 233 g/mol. The van der Waals surface area contributed by atoms with Crippen molar-refractivity contribution in [2.45, 2.75) is 32.4 Å². The fraction of sp³-hybridized carbons (Fsp3) is 0.462.